The van der Waals surface area contributed by atoms with Crippen LogP contribution in [0.15, 0.2) is 158 Å². The quantitative estimate of drug-likeness (QED) is 0.0146. The highest BCUT2D eigenvalue weighted by atomic mass is 31.2. The van der Waals surface area contributed by atoms with Crippen LogP contribution in [0.1, 0.15) is 290 Å². The van der Waals surface area contributed by atoms with Crippen LogP contribution in [0.4, 0.5) is 0 Å². The summed E-state index contributed by atoms with van der Waals surface area (Å²) < 4.78 is 61.0. The first-order valence-electron chi connectivity index (χ1n) is 38.8. The minimum Gasteiger partial charge on any atom is -0.463 e. The first-order chi connectivity index (χ1) is 49.2. The van der Waals surface area contributed by atoms with Gasteiger partial charge in [0.25, 0.3) is 0 Å². The van der Waals surface area contributed by atoms with E-state index in [0.717, 1.165) is 154 Å². The van der Waals surface area contributed by atoms with E-state index in [1.807, 2.05) is 0 Å². The zero-order valence-electron chi connectivity index (χ0n) is 62.8. The molecule has 0 aliphatic heterocycles. The van der Waals surface area contributed by atoms with Gasteiger partial charge in [-0.25, -0.2) is 9.13 Å². The number of allylic oxidation sites excluding steroid dienone is 26. The van der Waals surface area contributed by atoms with Gasteiger partial charge in [-0.3, -0.25) is 32.5 Å². The smallest absolute Gasteiger partial charge is 0.463 e. The van der Waals surface area contributed by atoms with Crippen LogP contribution < -0.4 is 0 Å². The van der Waals surface area contributed by atoms with Crippen LogP contribution in [0.5, 0.6) is 0 Å². The molecule has 0 aliphatic rings. The number of aliphatic hydroxyl groups excluding tert-OH is 2. The number of hydrogen-bond donors (Lipinski definition) is 4. The van der Waals surface area contributed by atoms with Gasteiger partial charge >= 0.3 is 33.6 Å². The topological polar surface area (TPSA) is 231 Å². The normalized spacial score (nSPS) is 14.9. The molecule has 5 unspecified atom stereocenters. The van der Waals surface area contributed by atoms with Crippen LogP contribution in [0.25, 0.3) is 0 Å². The Morgan fingerprint density at radius 3 is 0.782 bits per heavy atom. The van der Waals surface area contributed by atoms with Crippen molar-refractivity contribution in [2.24, 2.45) is 0 Å². The van der Waals surface area contributed by atoms with E-state index in [4.69, 9.17) is 32.3 Å². The first-order valence-corrected chi connectivity index (χ1v) is 41.8. The molecule has 0 rings (SSSR count). The average molecular weight is 1450 g/mol. The number of unbranched alkanes of at least 4 members (excludes halogenated alkanes) is 23. The molecule has 0 aromatic carbocycles. The van der Waals surface area contributed by atoms with Gasteiger partial charge in [0.1, 0.15) is 25.4 Å². The van der Waals surface area contributed by atoms with Crippen LogP contribution in [-0.4, -0.2) is 95.9 Å². The highest BCUT2D eigenvalue weighted by Crippen LogP contribution is 2.45. The number of ether oxygens (including phenoxy) is 3. The van der Waals surface area contributed by atoms with Gasteiger partial charge in [0.2, 0.25) is 0 Å². The summed E-state index contributed by atoms with van der Waals surface area (Å²) >= 11 is 0. The summed E-state index contributed by atoms with van der Waals surface area (Å²) in [6.45, 7) is 2.27. The number of phosphoric ester groups is 2. The van der Waals surface area contributed by atoms with Crippen molar-refractivity contribution in [2.45, 2.75) is 309 Å². The van der Waals surface area contributed by atoms with Gasteiger partial charge in [-0.05, 0) is 141 Å². The van der Waals surface area contributed by atoms with Crippen LogP contribution in [0.3, 0.4) is 0 Å². The monoisotopic (exact) mass is 1450 g/mol. The molecule has 0 saturated carbocycles. The second kappa shape index (κ2) is 74.9. The summed E-state index contributed by atoms with van der Waals surface area (Å²) in [7, 11) is -9.81. The number of carbonyl (C=O) groups is 3. The lowest BCUT2D eigenvalue weighted by Gasteiger charge is -2.21. The molecule has 4 N–H and O–H groups in total. The fourth-order valence-electron chi connectivity index (χ4n) is 9.93. The second-order valence-corrected chi connectivity index (χ2v) is 28.3. The summed E-state index contributed by atoms with van der Waals surface area (Å²) in [5, 5.41) is 20.6. The lowest BCUT2D eigenvalue weighted by molar-refractivity contribution is -0.161. The highest BCUT2D eigenvalue weighted by molar-refractivity contribution is 7.47. The molecule has 18 heteroatoms. The van der Waals surface area contributed by atoms with Crippen LogP contribution in [-0.2, 0) is 55.8 Å². The maximum Gasteiger partial charge on any atom is 0.472 e. The molecule has 0 heterocycles. The molecular weight excluding hydrogens is 1310 g/mol. The van der Waals surface area contributed by atoms with E-state index in [1.165, 1.54) is 77.0 Å². The van der Waals surface area contributed by atoms with E-state index >= 15 is 0 Å². The molecule has 0 aliphatic carbocycles. The summed E-state index contributed by atoms with van der Waals surface area (Å²) in [5.74, 6) is -1.64. The van der Waals surface area contributed by atoms with Crippen molar-refractivity contribution in [2.75, 3.05) is 39.6 Å². The van der Waals surface area contributed by atoms with Gasteiger partial charge in [-0.1, -0.05) is 288 Å². The Balaban J connectivity index is 4.52. The molecule has 0 aromatic heterocycles. The van der Waals surface area contributed by atoms with Crippen molar-refractivity contribution in [1.82, 2.24) is 0 Å². The number of rotatable bonds is 72. The van der Waals surface area contributed by atoms with Crippen molar-refractivity contribution in [3.63, 3.8) is 0 Å². The third-order valence-corrected chi connectivity index (χ3v) is 17.6. The van der Waals surface area contributed by atoms with Gasteiger partial charge < -0.3 is 34.2 Å². The zero-order chi connectivity index (χ0) is 73.7. The maximum atomic E-state index is 12.9. The standard InChI is InChI=1S/C83H138O16P2/c1-4-7-10-13-16-19-22-25-28-31-32-33-34-35-36-37-38-39-40-41-42-43-44-47-49-51-54-57-60-63-66-69-81(86)93-72-78(84)73-95-100(89,90)96-74-79(85)75-97-101(91,92)98-77-80(99-83(88)71-68-65-62-59-56-53-50-46-30-27-24-21-18-15-12-9-6-3)76-94-82(87)70-67-64-61-58-55-52-48-45-29-26-23-20-17-14-11-8-5-2/h7-12,16-21,25-30,32-33,35-36,48,50,52-53,78-80,84-85H,4-6,13-15,22-24,31,34,37-47,49,51,54-77H2,1-3H3,(H,89,90)(H,91,92)/b10-7-,11-8-,12-9-,19-16-,20-17-,21-18-,28-25-,29-26-,30-27-,33-32-,36-35-,52-48-,53-50-. The Bertz CT molecular complexity index is 2470. The third kappa shape index (κ3) is 76.1. The Hall–Kier alpha value is -4.83. The zero-order valence-corrected chi connectivity index (χ0v) is 64.6. The Morgan fingerprint density at radius 2 is 0.495 bits per heavy atom. The summed E-state index contributed by atoms with van der Waals surface area (Å²) in [4.78, 5) is 58.6. The Morgan fingerprint density at radius 1 is 0.277 bits per heavy atom. The molecule has 0 fully saturated rings. The van der Waals surface area contributed by atoms with Gasteiger partial charge in [-0.2, -0.15) is 0 Å². The van der Waals surface area contributed by atoms with E-state index in [1.54, 1.807) is 0 Å². The minimum absolute atomic E-state index is 0.0662. The fraction of sp³-hybridized carbons (Fsp3) is 0.651. The molecular formula is C83H138O16P2. The summed E-state index contributed by atoms with van der Waals surface area (Å²) in [5.41, 5.74) is 0. The number of phosphoric acid groups is 2. The molecule has 0 amide bonds. The number of carbonyl (C=O) groups excluding carboxylic acids is 3. The van der Waals surface area contributed by atoms with E-state index in [2.05, 4.69) is 179 Å². The molecule has 16 nitrogen and oxygen atoms in total. The SMILES string of the molecule is CC/C=C\C/C=C\C/C=C\C/C=C\C/C=C\CCCCCCCCCCCCCCCCCC(=O)OCC(O)COP(=O)(O)OCC(O)COP(=O)(O)OCC(COC(=O)CCCCCC/C=C\C/C=C\C/C=C\C/C=C\CC)OC(=O)CCCCCC/C=C\C/C=C\C/C=C\C/C=C\CC. The molecule has 0 bridgehead atoms. The fourth-order valence-corrected chi connectivity index (χ4v) is 11.5. The lowest BCUT2D eigenvalue weighted by Crippen LogP contribution is -2.30. The van der Waals surface area contributed by atoms with E-state index < -0.39 is 91.5 Å². The maximum absolute atomic E-state index is 12.9. The van der Waals surface area contributed by atoms with Crippen LogP contribution in [0, 0.1) is 0 Å². The number of esters is 3. The highest BCUT2D eigenvalue weighted by Gasteiger charge is 2.29. The van der Waals surface area contributed by atoms with E-state index in [0.29, 0.717) is 19.3 Å². The van der Waals surface area contributed by atoms with E-state index in [-0.39, 0.29) is 19.3 Å². The second-order valence-electron chi connectivity index (χ2n) is 25.4. The number of hydrogen-bond acceptors (Lipinski definition) is 14. The van der Waals surface area contributed by atoms with Gasteiger partial charge in [0.15, 0.2) is 6.10 Å². The van der Waals surface area contributed by atoms with Crippen molar-refractivity contribution in [3.05, 3.63) is 158 Å². The first kappa shape index (κ1) is 96.2. The lowest BCUT2D eigenvalue weighted by atomic mass is 10.0. The van der Waals surface area contributed by atoms with Crippen molar-refractivity contribution in [1.29, 1.82) is 0 Å². The van der Waals surface area contributed by atoms with Crippen molar-refractivity contribution in [3.8, 4) is 0 Å². The predicted octanol–water partition coefficient (Wildman–Crippen LogP) is 22.6. The molecule has 0 spiro atoms. The summed E-state index contributed by atoms with van der Waals surface area (Å²) in [6.07, 6.45) is 93.0. The van der Waals surface area contributed by atoms with Crippen molar-refractivity contribution >= 4 is 33.6 Å². The van der Waals surface area contributed by atoms with Gasteiger partial charge in [-0.15, -0.1) is 0 Å². The average Bonchev–Trinajstić information content (AvgIpc) is 1.15. The molecule has 5 atom stereocenters. The molecule has 101 heavy (non-hydrogen) atoms. The third-order valence-electron chi connectivity index (χ3n) is 15.7. The Labute approximate surface area is 612 Å². The predicted molar refractivity (Wildman–Crippen MR) is 417 cm³/mol. The van der Waals surface area contributed by atoms with Gasteiger partial charge in [0.05, 0.1) is 26.4 Å². The van der Waals surface area contributed by atoms with E-state index in [9.17, 15) is 43.5 Å². The summed E-state index contributed by atoms with van der Waals surface area (Å²) in [6, 6.07) is 0. The molecule has 0 radical (unpaired) electrons. The minimum atomic E-state index is -4.95. The Kier molecular flexibility index (Phi) is 71.3. The molecule has 0 saturated heterocycles. The van der Waals surface area contributed by atoms with Crippen molar-refractivity contribution < 1.29 is 75.8 Å². The molecule has 576 valence electrons. The largest absolute Gasteiger partial charge is 0.472 e. The number of aliphatic hydroxyl groups is 2. The van der Waals surface area contributed by atoms with Crippen LogP contribution >= 0.6 is 15.6 Å². The van der Waals surface area contributed by atoms with Crippen LogP contribution in [0.2, 0.25) is 0 Å². The van der Waals surface area contributed by atoms with Gasteiger partial charge in [0, 0.05) is 19.3 Å². The molecule has 0 aromatic rings.